The number of unbranched alkanes of at least 4 members (excludes halogenated alkanes) is 15. The molecule has 0 fully saturated rings. The molecule has 12 nitrogen and oxygen atoms in total. The molecule has 0 radical (unpaired) electrons. The molecule has 0 aliphatic rings. The van der Waals surface area contributed by atoms with Crippen LogP contribution in [0, 0.1) is 0 Å². The van der Waals surface area contributed by atoms with Gasteiger partial charge in [-0.05, 0) is 13.5 Å². The molecule has 0 rings (SSSR count). The van der Waals surface area contributed by atoms with Crippen LogP contribution in [0.15, 0.2) is 0 Å². The third-order valence-corrected chi connectivity index (χ3v) is 8.36. The second-order valence-electron chi connectivity index (χ2n) is 13.1. The molecule has 0 aliphatic carbocycles. The molecule has 0 atom stereocenters. The first-order chi connectivity index (χ1) is 26.4. The minimum absolute atomic E-state index is 0.525. The fourth-order valence-corrected chi connectivity index (χ4v) is 5.23. The van der Waals surface area contributed by atoms with Crippen LogP contribution in [0.5, 0.6) is 0 Å². The van der Waals surface area contributed by atoms with Gasteiger partial charge in [0.2, 0.25) is 0 Å². The van der Waals surface area contributed by atoms with E-state index in [-0.39, 0.29) is 0 Å². The average Bonchev–Trinajstić information content (AvgIpc) is 3.17. The molecule has 0 amide bonds. The number of ether oxygens (including phenoxy) is 11. The number of likely N-dealkylation sites (N-methyl/N-ethyl adjacent to an activating group) is 1. The highest BCUT2D eigenvalue weighted by atomic mass is 16.6. The topological polar surface area (TPSA) is 114 Å². The number of hydrogen-bond donors (Lipinski definition) is 1. The first-order valence-corrected chi connectivity index (χ1v) is 21.4. The largest absolute Gasteiger partial charge is 0.379 e. The van der Waals surface area contributed by atoms with Crippen molar-refractivity contribution in [3.63, 3.8) is 0 Å². The molecular weight excluding hydrogens is 682 g/mol. The molecule has 0 aromatic rings. The minimum atomic E-state index is 0.525. The van der Waals surface area contributed by atoms with Gasteiger partial charge in [-0.2, -0.15) is 0 Å². The maximum atomic E-state index is 5.70. The zero-order valence-electron chi connectivity index (χ0n) is 34.6. The van der Waals surface area contributed by atoms with E-state index >= 15 is 0 Å². The van der Waals surface area contributed by atoms with E-state index in [1.54, 1.807) is 0 Å². The van der Waals surface area contributed by atoms with Crippen molar-refractivity contribution in [3.05, 3.63) is 0 Å². The number of rotatable bonds is 50. The van der Waals surface area contributed by atoms with Crippen molar-refractivity contribution < 1.29 is 52.1 Å². The summed E-state index contributed by atoms with van der Waals surface area (Å²) in [5, 5.41) is 3.03. The molecule has 0 saturated carbocycles. The van der Waals surface area contributed by atoms with E-state index in [0.29, 0.717) is 139 Å². The summed E-state index contributed by atoms with van der Waals surface area (Å²) in [4.78, 5) is 0. The van der Waals surface area contributed by atoms with Crippen LogP contribution in [-0.2, 0) is 52.1 Å². The van der Waals surface area contributed by atoms with Gasteiger partial charge < -0.3 is 57.4 Å². The van der Waals surface area contributed by atoms with Crippen LogP contribution >= 0.6 is 0 Å². The van der Waals surface area contributed by atoms with E-state index in [0.717, 1.165) is 19.6 Å². The van der Waals surface area contributed by atoms with Gasteiger partial charge in [0.05, 0.1) is 139 Å². The van der Waals surface area contributed by atoms with E-state index in [2.05, 4.69) is 12.2 Å². The maximum absolute atomic E-state index is 5.70. The van der Waals surface area contributed by atoms with Crippen molar-refractivity contribution in [3.8, 4) is 0 Å². The number of nitrogens with one attached hydrogen (secondary N) is 1. The smallest absolute Gasteiger partial charge is 0.0701 e. The van der Waals surface area contributed by atoms with E-state index in [4.69, 9.17) is 52.1 Å². The molecular formula is C41H85NO11. The Bertz CT molecular complexity index is 574. The lowest BCUT2D eigenvalue weighted by Gasteiger charge is -2.09. The van der Waals surface area contributed by atoms with Gasteiger partial charge in [-0.1, -0.05) is 103 Å². The van der Waals surface area contributed by atoms with Crippen LogP contribution in [0.25, 0.3) is 0 Å². The first kappa shape index (κ1) is 52.5. The highest BCUT2D eigenvalue weighted by molar-refractivity contribution is 4.50. The van der Waals surface area contributed by atoms with Crippen molar-refractivity contribution in [2.75, 3.05) is 159 Å². The summed E-state index contributed by atoms with van der Waals surface area (Å²) in [6.45, 7) is 15.7. The Hall–Kier alpha value is -0.480. The van der Waals surface area contributed by atoms with Crippen LogP contribution in [0.2, 0.25) is 0 Å². The number of hydrogen-bond acceptors (Lipinski definition) is 12. The molecule has 1 N–H and O–H groups in total. The highest BCUT2D eigenvalue weighted by Crippen LogP contribution is 2.13. The second-order valence-corrected chi connectivity index (χ2v) is 13.1. The Morgan fingerprint density at radius 1 is 0.226 bits per heavy atom. The summed E-state index contributed by atoms with van der Waals surface area (Å²) in [5.74, 6) is 0. The lowest BCUT2D eigenvalue weighted by molar-refractivity contribution is -0.0274. The molecule has 0 bridgehead atoms. The Morgan fingerprint density at radius 2 is 0.415 bits per heavy atom. The van der Waals surface area contributed by atoms with Crippen molar-refractivity contribution in [1.29, 1.82) is 0 Å². The monoisotopic (exact) mass is 768 g/mol. The zero-order valence-corrected chi connectivity index (χ0v) is 34.6. The summed E-state index contributed by atoms with van der Waals surface area (Å²) >= 11 is 0. The van der Waals surface area contributed by atoms with Crippen LogP contribution in [0.4, 0.5) is 0 Å². The molecule has 320 valence electrons. The average molecular weight is 768 g/mol. The maximum Gasteiger partial charge on any atom is 0.0701 e. The van der Waals surface area contributed by atoms with Crippen LogP contribution in [0.1, 0.15) is 110 Å². The Labute approximate surface area is 325 Å². The van der Waals surface area contributed by atoms with Gasteiger partial charge in [0, 0.05) is 13.2 Å². The molecule has 0 unspecified atom stereocenters. The van der Waals surface area contributed by atoms with Gasteiger partial charge in [0.25, 0.3) is 0 Å². The Kier molecular flexibility index (Phi) is 51.1. The molecule has 0 spiro atoms. The summed E-state index contributed by atoms with van der Waals surface area (Å²) in [6.07, 6.45) is 22.2. The van der Waals surface area contributed by atoms with Crippen LogP contribution < -0.4 is 5.32 Å². The minimum Gasteiger partial charge on any atom is -0.379 e. The SMILES string of the molecule is CCCCCCCCCCCCCCCCCCOCCOCCOCCOCCOCCOCCOCCOCCOCCOCCOCCNC. The molecule has 0 aromatic carbocycles. The first-order valence-electron chi connectivity index (χ1n) is 21.4. The molecule has 12 heteroatoms. The van der Waals surface area contributed by atoms with Gasteiger partial charge >= 0.3 is 0 Å². The molecule has 0 heterocycles. The van der Waals surface area contributed by atoms with Crippen molar-refractivity contribution in [1.82, 2.24) is 5.32 Å². The van der Waals surface area contributed by atoms with E-state index in [1.165, 1.54) is 96.3 Å². The zero-order chi connectivity index (χ0) is 38.1. The Balaban J connectivity index is 3.05. The van der Waals surface area contributed by atoms with Gasteiger partial charge in [-0.3, -0.25) is 0 Å². The lowest BCUT2D eigenvalue weighted by atomic mass is 10.0. The standard InChI is InChI=1S/C41H85NO11/c1-3-4-5-6-7-8-9-10-11-12-13-14-15-16-17-18-20-43-22-24-45-26-28-47-30-32-49-34-36-51-38-40-53-41-39-52-37-35-50-33-31-48-29-27-46-25-23-44-21-19-42-2/h42H,3-41H2,1-2H3. The van der Waals surface area contributed by atoms with E-state index in [1.807, 2.05) is 7.05 Å². The van der Waals surface area contributed by atoms with Crippen molar-refractivity contribution >= 4 is 0 Å². The van der Waals surface area contributed by atoms with E-state index < -0.39 is 0 Å². The predicted octanol–water partition coefficient (Wildman–Crippen LogP) is 6.65. The normalized spacial score (nSPS) is 11.7. The predicted molar refractivity (Wildman–Crippen MR) is 212 cm³/mol. The van der Waals surface area contributed by atoms with Gasteiger partial charge in [0.15, 0.2) is 0 Å². The van der Waals surface area contributed by atoms with Gasteiger partial charge in [-0.15, -0.1) is 0 Å². The summed E-state index contributed by atoms with van der Waals surface area (Å²) in [5.41, 5.74) is 0. The fourth-order valence-electron chi connectivity index (χ4n) is 5.23. The lowest BCUT2D eigenvalue weighted by Crippen LogP contribution is -2.17. The second kappa shape index (κ2) is 51.5. The molecule has 0 aliphatic heterocycles. The van der Waals surface area contributed by atoms with Crippen molar-refractivity contribution in [2.45, 2.75) is 110 Å². The van der Waals surface area contributed by atoms with Crippen molar-refractivity contribution in [2.24, 2.45) is 0 Å². The summed E-state index contributed by atoms with van der Waals surface area (Å²) < 4.78 is 60.6. The van der Waals surface area contributed by atoms with Gasteiger partial charge in [0.1, 0.15) is 0 Å². The summed E-state index contributed by atoms with van der Waals surface area (Å²) in [6, 6.07) is 0. The highest BCUT2D eigenvalue weighted by Gasteiger charge is 1.98. The molecule has 0 saturated heterocycles. The quantitative estimate of drug-likeness (QED) is 0.0669. The summed E-state index contributed by atoms with van der Waals surface area (Å²) in [7, 11) is 1.90. The van der Waals surface area contributed by atoms with Crippen LogP contribution in [-0.4, -0.2) is 159 Å². The van der Waals surface area contributed by atoms with E-state index in [9.17, 15) is 0 Å². The Morgan fingerprint density at radius 3 is 0.642 bits per heavy atom. The fraction of sp³-hybridized carbons (Fsp3) is 1.00. The molecule has 0 aromatic heterocycles. The van der Waals surface area contributed by atoms with Gasteiger partial charge in [-0.25, -0.2) is 0 Å². The van der Waals surface area contributed by atoms with Crippen LogP contribution in [0.3, 0.4) is 0 Å². The third kappa shape index (κ3) is 51.5. The molecule has 53 heavy (non-hydrogen) atoms. The third-order valence-electron chi connectivity index (χ3n) is 8.36.